The summed E-state index contributed by atoms with van der Waals surface area (Å²) in [5.41, 5.74) is 2.67. The largest absolute Gasteiger partial charge is 0.356 e. The molecule has 0 radical (unpaired) electrons. The van der Waals surface area contributed by atoms with Crippen molar-refractivity contribution in [3.63, 3.8) is 0 Å². The maximum atomic E-state index is 4.34. The van der Waals surface area contributed by atoms with E-state index in [0.717, 1.165) is 25.5 Å². The summed E-state index contributed by atoms with van der Waals surface area (Å²) in [4.78, 5) is 6.51. The molecule has 0 saturated carbocycles. The third-order valence-corrected chi connectivity index (χ3v) is 3.25. The summed E-state index contributed by atoms with van der Waals surface area (Å²) in [6.07, 6.45) is 1.16. The lowest BCUT2D eigenvalue weighted by molar-refractivity contribution is 0.468. The van der Waals surface area contributed by atoms with Gasteiger partial charge in [-0.15, -0.1) is 24.0 Å². The summed E-state index contributed by atoms with van der Waals surface area (Å²) in [7, 11) is 3.92. The number of rotatable bonds is 5. The van der Waals surface area contributed by atoms with E-state index in [-0.39, 0.29) is 24.0 Å². The Morgan fingerprint density at radius 3 is 2.50 bits per heavy atom. The van der Waals surface area contributed by atoms with Crippen LogP contribution >= 0.6 is 24.0 Å². The smallest absolute Gasteiger partial charge is 0.193 e. The van der Waals surface area contributed by atoms with E-state index >= 15 is 0 Å². The van der Waals surface area contributed by atoms with E-state index in [1.54, 1.807) is 0 Å². The van der Waals surface area contributed by atoms with Crippen molar-refractivity contribution < 1.29 is 0 Å². The number of aliphatic imine (C=N–C) groups is 1. The summed E-state index contributed by atoms with van der Waals surface area (Å²) in [6.45, 7) is 8.48. The molecule has 3 nitrogen and oxygen atoms in total. The molecule has 1 rings (SSSR count). The van der Waals surface area contributed by atoms with Crippen molar-refractivity contribution in [1.29, 1.82) is 0 Å². The number of hydrogen-bond donors (Lipinski definition) is 1. The van der Waals surface area contributed by atoms with E-state index in [0.29, 0.717) is 5.92 Å². The zero-order chi connectivity index (χ0) is 14.3. The summed E-state index contributed by atoms with van der Waals surface area (Å²) >= 11 is 0. The molecule has 0 aliphatic rings. The van der Waals surface area contributed by atoms with E-state index in [1.807, 2.05) is 7.05 Å². The van der Waals surface area contributed by atoms with Crippen LogP contribution in [0, 0.1) is 12.8 Å². The first-order valence-electron chi connectivity index (χ1n) is 7.01. The van der Waals surface area contributed by atoms with Crippen molar-refractivity contribution in [3.05, 3.63) is 35.4 Å². The Bertz CT molecular complexity index is 416. The van der Waals surface area contributed by atoms with Gasteiger partial charge in [-0.1, -0.05) is 38.1 Å². The molecule has 1 aromatic carbocycles. The lowest BCUT2D eigenvalue weighted by atomic mass is 10.1. The van der Waals surface area contributed by atoms with Crippen LogP contribution in [-0.4, -0.2) is 31.5 Å². The maximum absolute atomic E-state index is 4.34. The molecule has 0 aromatic heterocycles. The number of aryl methyl sites for hydroxylation is 1. The molecule has 0 aliphatic carbocycles. The molecule has 1 N–H and O–H groups in total. The van der Waals surface area contributed by atoms with Gasteiger partial charge >= 0.3 is 0 Å². The molecule has 20 heavy (non-hydrogen) atoms. The van der Waals surface area contributed by atoms with Gasteiger partial charge in [-0.3, -0.25) is 4.99 Å². The predicted octanol–water partition coefficient (Wildman–Crippen LogP) is 3.67. The Balaban J connectivity index is 0.00000361. The quantitative estimate of drug-likeness (QED) is 0.473. The molecule has 0 aliphatic heterocycles. The van der Waals surface area contributed by atoms with Crippen LogP contribution in [0.2, 0.25) is 0 Å². The van der Waals surface area contributed by atoms with Crippen molar-refractivity contribution >= 4 is 29.9 Å². The molecule has 0 bridgehead atoms. The third kappa shape index (κ3) is 6.59. The number of nitrogens with one attached hydrogen (secondary N) is 1. The summed E-state index contributed by atoms with van der Waals surface area (Å²) in [5, 5.41) is 3.42. The number of guanidine groups is 1. The monoisotopic (exact) mass is 389 g/mol. The fourth-order valence-corrected chi connectivity index (χ4v) is 1.98. The molecule has 0 heterocycles. The normalized spacial score (nSPS) is 11.2. The third-order valence-electron chi connectivity index (χ3n) is 3.25. The Labute approximate surface area is 140 Å². The molecule has 0 atom stereocenters. The van der Waals surface area contributed by atoms with E-state index in [9.17, 15) is 0 Å². The van der Waals surface area contributed by atoms with Gasteiger partial charge in [0.15, 0.2) is 5.96 Å². The topological polar surface area (TPSA) is 27.6 Å². The molecular formula is C16H28IN3. The van der Waals surface area contributed by atoms with Crippen molar-refractivity contribution in [3.8, 4) is 0 Å². The first-order valence-corrected chi connectivity index (χ1v) is 7.01. The van der Waals surface area contributed by atoms with Gasteiger partial charge in [-0.25, -0.2) is 0 Å². The first-order chi connectivity index (χ1) is 9.04. The molecular weight excluding hydrogens is 361 g/mol. The highest BCUT2D eigenvalue weighted by molar-refractivity contribution is 14.0. The number of benzene rings is 1. The minimum absolute atomic E-state index is 0. The first kappa shape index (κ1) is 19.2. The zero-order valence-corrected chi connectivity index (χ0v) is 15.6. The van der Waals surface area contributed by atoms with Gasteiger partial charge in [0, 0.05) is 27.2 Å². The van der Waals surface area contributed by atoms with Gasteiger partial charge in [0.1, 0.15) is 0 Å². The van der Waals surface area contributed by atoms with E-state index in [2.05, 4.69) is 67.3 Å². The van der Waals surface area contributed by atoms with E-state index in [4.69, 9.17) is 0 Å². The van der Waals surface area contributed by atoms with Gasteiger partial charge in [0.05, 0.1) is 0 Å². The highest BCUT2D eigenvalue weighted by atomic mass is 127. The van der Waals surface area contributed by atoms with Crippen LogP contribution in [0.3, 0.4) is 0 Å². The molecule has 1 aromatic rings. The number of nitrogens with zero attached hydrogens (tertiary/aromatic N) is 2. The van der Waals surface area contributed by atoms with Gasteiger partial charge in [-0.2, -0.15) is 0 Å². The van der Waals surface area contributed by atoms with Crippen molar-refractivity contribution in [2.45, 2.75) is 33.7 Å². The molecule has 0 fully saturated rings. The highest BCUT2D eigenvalue weighted by Gasteiger charge is 2.07. The van der Waals surface area contributed by atoms with Crippen molar-refractivity contribution in [2.24, 2.45) is 10.9 Å². The number of hydrogen-bond acceptors (Lipinski definition) is 1. The predicted molar refractivity (Wildman–Crippen MR) is 98.9 cm³/mol. The van der Waals surface area contributed by atoms with Gasteiger partial charge in [0.25, 0.3) is 0 Å². The summed E-state index contributed by atoms with van der Waals surface area (Å²) in [5.74, 6) is 1.68. The van der Waals surface area contributed by atoms with Gasteiger partial charge in [0.2, 0.25) is 0 Å². The average molecular weight is 389 g/mol. The van der Waals surface area contributed by atoms with E-state index < -0.39 is 0 Å². The molecule has 0 unspecified atom stereocenters. The molecule has 0 saturated heterocycles. The van der Waals surface area contributed by atoms with Crippen LogP contribution in [0.15, 0.2) is 29.3 Å². The Morgan fingerprint density at radius 2 is 1.95 bits per heavy atom. The second-order valence-corrected chi connectivity index (χ2v) is 5.44. The Morgan fingerprint density at radius 1 is 1.30 bits per heavy atom. The van der Waals surface area contributed by atoms with Gasteiger partial charge < -0.3 is 10.2 Å². The minimum atomic E-state index is 0. The van der Waals surface area contributed by atoms with Crippen LogP contribution in [0.1, 0.15) is 31.4 Å². The molecule has 0 amide bonds. The Hall–Kier alpha value is -0.780. The lowest BCUT2D eigenvalue weighted by Gasteiger charge is -2.23. The van der Waals surface area contributed by atoms with E-state index in [1.165, 1.54) is 11.1 Å². The maximum Gasteiger partial charge on any atom is 0.193 e. The molecule has 114 valence electrons. The zero-order valence-electron chi connectivity index (χ0n) is 13.3. The SMILES string of the molecule is CN=C(NCCC(C)C)N(C)Cc1ccccc1C.I. The lowest BCUT2D eigenvalue weighted by Crippen LogP contribution is -2.39. The van der Waals surface area contributed by atoms with Crippen LogP contribution in [0.4, 0.5) is 0 Å². The number of halogens is 1. The summed E-state index contributed by atoms with van der Waals surface area (Å²) < 4.78 is 0. The molecule has 4 heteroatoms. The Kier molecular flexibility index (Phi) is 9.63. The molecule has 0 spiro atoms. The summed E-state index contributed by atoms with van der Waals surface area (Å²) in [6, 6.07) is 8.49. The minimum Gasteiger partial charge on any atom is -0.356 e. The standard InChI is InChI=1S/C16H27N3.HI/c1-13(2)10-11-18-16(17-4)19(5)12-15-9-7-6-8-14(15)3;/h6-9,13H,10-12H2,1-5H3,(H,17,18);1H. The van der Waals surface area contributed by atoms with Crippen LogP contribution in [0.25, 0.3) is 0 Å². The van der Waals surface area contributed by atoms with Crippen LogP contribution in [-0.2, 0) is 6.54 Å². The highest BCUT2D eigenvalue weighted by Crippen LogP contribution is 2.09. The second kappa shape index (κ2) is 10.0. The fraction of sp³-hybridized carbons (Fsp3) is 0.562. The fourth-order valence-electron chi connectivity index (χ4n) is 1.98. The van der Waals surface area contributed by atoms with Crippen LogP contribution in [0.5, 0.6) is 0 Å². The second-order valence-electron chi connectivity index (χ2n) is 5.44. The van der Waals surface area contributed by atoms with Gasteiger partial charge in [-0.05, 0) is 30.4 Å². The average Bonchev–Trinajstić information content (AvgIpc) is 2.37. The van der Waals surface area contributed by atoms with Crippen LogP contribution < -0.4 is 5.32 Å². The van der Waals surface area contributed by atoms with Crippen molar-refractivity contribution in [2.75, 3.05) is 20.6 Å². The van der Waals surface area contributed by atoms with Crippen molar-refractivity contribution in [1.82, 2.24) is 10.2 Å².